The Kier molecular flexibility index (Phi) is 4.39. The number of hydrogen-bond acceptors (Lipinski definition) is 6. The van der Waals surface area contributed by atoms with Gasteiger partial charge in [0, 0.05) is 7.11 Å². The average Bonchev–Trinajstić information content (AvgIpc) is 3.09. The van der Waals surface area contributed by atoms with Crippen molar-refractivity contribution < 1.29 is 23.8 Å². The third-order valence-corrected chi connectivity index (χ3v) is 3.77. The van der Waals surface area contributed by atoms with Crippen LogP contribution in [0.5, 0.6) is 0 Å². The molecular weight excluding hydrogens is 296 g/mol. The zero-order valence-corrected chi connectivity index (χ0v) is 12.3. The van der Waals surface area contributed by atoms with Gasteiger partial charge >= 0.3 is 5.97 Å². The maximum absolute atomic E-state index is 12.1. The summed E-state index contributed by atoms with van der Waals surface area (Å²) in [7, 11) is 1.37. The summed E-state index contributed by atoms with van der Waals surface area (Å²) >= 11 is 1.12. The molecule has 0 radical (unpaired) electrons. The lowest BCUT2D eigenvalue weighted by Crippen LogP contribution is -2.55. The second kappa shape index (κ2) is 6.06. The van der Waals surface area contributed by atoms with E-state index in [0.29, 0.717) is 15.6 Å². The SMILES string of the molecule is COCC(C)(NC(=O)c1cnc(-c2ccco2)s1)C(=O)O. The molecule has 112 valence electrons. The van der Waals surface area contributed by atoms with E-state index in [1.54, 1.807) is 12.1 Å². The Balaban J connectivity index is 2.15. The highest BCUT2D eigenvalue weighted by molar-refractivity contribution is 7.16. The molecule has 7 nitrogen and oxygen atoms in total. The highest BCUT2D eigenvalue weighted by Crippen LogP contribution is 2.25. The molecule has 0 spiro atoms. The van der Waals surface area contributed by atoms with Crippen LogP contribution in [0.3, 0.4) is 0 Å². The van der Waals surface area contributed by atoms with Gasteiger partial charge in [0.05, 0.1) is 19.1 Å². The Morgan fingerprint density at radius 3 is 2.90 bits per heavy atom. The van der Waals surface area contributed by atoms with Crippen LogP contribution in [0.2, 0.25) is 0 Å². The molecule has 0 aromatic carbocycles. The Morgan fingerprint density at radius 1 is 1.57 bits per heavy atom. The number of rotatable bonds is 6. The summed E-state index contributed by atoms with van der Waals surface area (Å²) < 4.78 is 10.0. The summed E-state index contributed by atoms with van der Waals surface area (Å²) in [6.45, 7) is 1.24. The average molecular weight is 310 g/mol. The summed E-state index contributed by atoms with van der Waals surface area (Å²) in [5.74, 6) is -1.14. The lowest BCUT2D eigenvalue weighted by molar-refractivity contribution is -0.145. The number of thiazole rings is 1. The number of aromatic nitrogens is 1. The van der Waals surface area contributed by atoms with Crippen LogP contribution < -0.4 is 5.32 Å². The standard InChI is InChI=1S/C13H14N2O5S/c1-13(7-19-2,12(17)18)15-10(16)9-6-14-11(21-9)8-4-3-5-20-8/h3-6H,7H2,1-2H3,(H,15,16)(H,17,18). The molecule has 0 bridgehead atoms. The number of nitrogens with zero attached hydrogens (tertiary/aromatic N) is 1. The zero-order chi connectivity index (χ0) is 15.5. The predicted molar refractivity (Wildman–Crippen MR) is 75.2 cm³/mol. The molecule has 21 heavy (non-hydrogen) atoms. The molecule has 2 N–H and O–H groups in total. The van der Waals surface area contributed by atoms with Crippen LogP contribution in [-0.2, 0) is 9.53 Å². The molecule has 1 atom stereocenters. The number of carbonyl (C=O) groups excluding carboxylic acids is 1. The van der Waals surface area contributed by atoms with Crippen molar-refractivity contribution >= 4 is 23.2 Å². The molecule has 0 aliphatic heterocycles. The van der Waals surface area contributed by atoms with Gasteiger partial charge in [-0.15, -0.1) is 11.3 Å². The van der Waals surface area contributed by atoms with Crippen molar-refractivity contribution in [1.29, 1.82) is 0 Å². The number of carboxylic acid groups (broad SMARTS) is 1. The van der Waals surface area contributed by atoms with Crippen molar-refractivity contribution in [3.05, 3.63) is 29.5 Å². The highest BCUT2D eigenvalue weighted by Gasteiger charge is 2.35. The molecule has 0 aliphatic carbocycles. The van der Waals surface area contributed by atoms with Crippen molar-refractivity contribution in [2.75, 3.05) is 13.7 Å². The normalized spacial score (nSPS) is 13.6. The first-order chi connectivity index (χ1) is 9.96. The Morgan fingerprint density at radius 2 is 2.33 bits per heavy atom. The number of ether oxygens (including phenoxy) is 1. The minimum Gasteiger partial charge on any atom is -0.479 e. The number of hydrogen-bond donors (Lipinski definition) is 2. The van der Waals surface area contributed by atoms with E-state index in [1.807, 2.05) is 0 Å². The fourth-order valence-corrected chi connectivity index (χ4v) is 2.42. The van der Waals surface area contributed by atoms with Crippen molar-refractivity contribution in [1.82, 2.24) is 10.3 Å². The summed E-state index contributed by atoms with van der Waals surface area (Å²) in [5.41, 5.74) is -1.50. The lowest BCUT2D eigenvalue weighted by atomic mass is 10.0. The Labute approximate surface area is 124 Å². The van der Waals surface area contributed by atoms with Gasteiger partial charge in [0.25, 0.3) is 5.91 Å². The molecular formula is C13H14N2O5S. The lowest BCUT2D eigenvalue weighted by Gasteiger charge is -2.24. The first-order valence-electron chi connectivity index (χ1n) is 6.01. The van der Waals surface area contributed by atoms with Crippen LogP contribution in [0.15, 0.2) is 29.0 Å². The second-order valence-electron chi connectivity index (χ2n) is 4.53. The molecule has 0 saturated carbocycles. The zero-order valence-electron chi connectivity index (χ0n) is 11.5. The largest absolute Gasteiger partial charge is 0.479 e. The van der Waals surface area contributed by atoms with Crippen LogP contribution in [-0.4, -0.2) is 41.2 Å². The molecule has 1 amide bonds. The molecule has 2 aromatic heterocycles. The van der Waals surface area contributed by atoms with E-state index < -0.39 is 17.4 Å². The topological polar surface area (TPSA) is 102 Å². The van der Waals surface area contributed by atoms with Gasteiger partial charge < -0.3 is 19.6 Å². The number of aliphatic carboxylic acids is 1. The fraction of sp³-hybridized carbons (Fsp3) is 0.308. The molecule has 0 aliphatic rings. The monoisotopic (exact) mass is 310 g/mol. The van der Waals surface area contributed by atoms with E-state index in [0.717, 1.165) is 11.3 Å². The number of methoxy groups -OCH3 is 1. The van der Waals surface area contributed by atoms with E-state index in [-0.39, 0.29) is 6.61 Å². The van der Waals surface area contributed by atoms with Crippen molar-refractivity contribution in [3.63, 3.8) is 0 Å². The van der Waals surface area contributed by atoms with Gasteiger partial charge in [-0.05, 0) is 19.1 Å². The third kappa shape index (κ3) is 3.29. The van der Waals surface area contributed by atoms with Gasteiger partial charge in [0.2, 0.25) is 0 Å². The summed E-state index contributed by atoms with van der Waals surface area (Å²) in [5, 5.41) is 12.2. The minimum absolute atomic E-state index is 0.141. The molecule has 2 aromatic rings. The number of carboxylic acids is 1. The molecule has 2 rings (SSSR count). The number of carbonyl (C=O) groups is 2. The first-order valence-corrected chi connectivity index (χ1v) is 6.82. The van der Waals surface area contributed by atoms with Crippen LogP contribution in [0.4, 0.5) is 0 Å². The van der Waals surface area contributed by atoms with Crippen molar-refractivity contribution in [2.45, 2.75) is 12.5 Å². The van der Waals surface area contributed by atoms with Gasteiger partial charge in [0.1, 0.15) is 4.88 Å². The van der Waals surface area contributed by atoms with E-state index in [9.17, 15) is 14.7 Å². The number of furan rings is 1. The van der Waals surface area contributed by atoms with Crippen molar-refractivity contribution in [2.24, 2.45) is 0 Å². The molecule has 2 heterocycles. The van der Waals surface area contributed by atoms with Gasteiger partial charge in [0.15, 0.2) is 16.3 Å². The van der Waals surface area contributed by atoms with Gasteiger partial charge in [-0.25, -0.2) is 9.78 Å². The molecule has 8 heteroatoms. The van der Waals surface area contributed by atoms with Crippen LogP contribution in [0.25, 0.3) is 10.8 Å². The molecule has 1 unspecified atom stereocenters. The van der Waals surface area contributed by atoms with E-state index in [4.69, 9.17) is 9.15 Å². The van der Waals surface area contributed by atoms with E-state index in [2.05, 4.69) is 10.3 Å². The minimum atomic E-state index is -1.50. The number of amides is 1. The Hall–Kier alpha value is -2.19. The van der Waals surface area contributed by atoms with E-state index >= 15 is 0 Å². The fourth-order valence-electron chi connectivity index (χ4n) is 1.65. The summed E-state index contributed by atoms with van der Waals surface area (Å²) in [6, 6.07) is 3.45. The quantitative estimate of drug-likeness (QED) is 0.840. The summed E-state index contributed by atoms with van der Waals surface area (Å²) in [6.07, 6.45) is 2.89. The highest BCUT2D eigenvalue weighted by atomic mass is 32.1. The smallest absolute Gasteiger partial charge is 0.331 e. The van der Waals surface area contributed by atoms with Crippen LogP contribution in [0.1, 0.15) is 16.6 Å². The second-order valence-corrected chi connectivity index (χ2v) is 5.56. The Bertz CT molecular complexity index is 637. The van der Waals surface area contributed by atoms with Crippen LogP contribution in [0, 0.1) is 0 Å². The van der Waals surface area contributed by atoms with Crippen LogP contribution >= 0.6 is 11.3 Å². The van der Waals surface area contributed by atoms with E-state index in [1.165, 1.54) is 26.5 Å². The third-order valence-electron chi connectivity index (χ3n) is 2.76. The number of nitrogens with one attached hydrogen (secondary N) is 1. The van der Waals surface area contributed by atoms with Gasteiger partial charge in [-0.2, -0.15) is 0 Å². The molecule has 0 saturated heterocycles. The van der Waals surface area contributed by atoms with Crippen molar-refractivity contribution in [3.8, 4) is 10.8 Å². The van der Waals surface area contributed by atoms with Gasteiger partial charge in [-0.3, -0.25) is 4.79 Å². The molecule has 0 fully saturated rings. The maximum atomic E-state index is 12.1. The van der Waals surface area contributed by atoms with Gasteiger partial charge in [-0.1, -0.05) is 0 Å². The predicted octanol–water partition coefficient (Wildman–Crippen LogP) is 1.62. The first kappa shape index (κ1) is 15.2. The summed E-state index contributed by atoms with van der Waals surface area (Å²) in [4.78, 5) is 27.8. The maximum Gasteiger partial charge on any atom is 0.331 e.